The van der Waals surface area contributed by atoms with Gasteiger partial charge in [0.1, 0.15) is 30.0 Å². The van der Waals surface area contributed by atoms with Crippen LogP contribution in [0.15, 0.2) is 48.5 Å². The summed E-state index contributed by atoms with van der Waals surface area (Å²) in [7, 11) is 0. The number of aromatic hydroxyl groups is 1. The number of phenols is 1. The Kier molecular flexibility index (Phi) is 10.5. The summed E-state index contributed by atoms with van der Waals surface area (Å²) < 4.78 is 5.42. The fraction of sp³-hybridized carbons (Fsp3) is 0.484. The van der Waals surface area contributed by atoms with Crippen LogP contribution >= 0.6 is 0 Å². The molecule has 3 amide bonds. The van der Waals surface area contributed by atoms with Crippen molar-refractivity contribution in [3.63, 3.8) is 0 Å². The van der Waals surface area contributed by atoms with Crippen LogP contribution in [0, 0.1) is 18.3 Å². The number of nitrogens with one attached hydrogen (secondary N) is 2. The Morgan fingerprint density at radius 2 is 1.77 bits per heavy atom. The molecule has 0 spiro atoms. The van der Waals surface area contributed by atoms with E-state index in [1.165, 1.54) is 17.0 Å². The third-order valence-corrected chi connectivity index (χ3v) is 6.76. The van der Waals surface area contributed by atoms with Crippen molar-refractivity contribution in [3.05, 3.63) is 65.2 Å². The molecule has 0 bridgehead atoms. The lowest BCUT2D eigenvalue weighted by Crippen LogP contribution is -2.54. The Labute approximate surface area is 236 Å². The minimum atomic E-state index is -1.14. The van der Waals surface area contributed by atoms with E-state index in [4.69, 9.17) is 4.74 Å². The van der Waals surface area contributed by atoms with Gasteiger partial charge < -0.3 is 25.4 Å². The van der Waals surface area contributed by atoms with Crippen molar-refractivity contribution in [2.75, 3.05) is 6.54 Å². The Morgan fingerprint density at radius 1 is 1.10 bits per heavy atom. The summed E-state index contributed by atoms with van der Waals surface area (Å²) in [6, 6.07) is 13.4. The molecule has 1 aliphatic rings. The maximum Gasteiger partial charge on any atom is 0.408 e. The van der Waals surface area contributed by atoms with Gasteiger partial charge >= 0.3 is 6.09 Å². The normalized spacial score (nSPS) is 15.3. The second-order valence-corrected chi connectivity index (χ2v) is 11.4. The summed E-state index contributed by atoms with van der Waals surface area (Å²) in [6.07, 6.45) is 4.17. The van der Waals surface area contributed by atoms with Gasteiger partial charge in [-0.25, -0.2) is 4.79 Å². The zero-order valence-electron chi connectivity index (χ0n) is 23.8. The van der Waals surface area contributed by atoms with Crippen molar-refractivity contribution < 1.29 is 24.2 Å². The average molecular weight is 549 g/mol. The highest BCUT2D eigenvalue weighted by Gasteiger charge is 2.37. The number of benzene rings is 2. The molecule has 0 heterocycles. The van der Waals surface area contributed by atoms with Crippen molar-refractivity contribution >= 4 is 17.9 Å². The van der Waals surface area contributed by atoms with Gasteiger partial charge in [0.2, 0.25) is 11.8 Å². The average Bonchev–Trinajstić information content (AvgIpc) is 2.88. The van der Waals surface area contributed by atoms with E-state index in [-0.39, 0.29) is 30.7 Å². The molecule has 2 aromatic carbocycles. The molecule has 9 heteroatoms. The molecule has 9 nitrogen and oxygen atoms in total. The molecule has 0 radical (unpaired) electrons. The Morgan fingerprint density at radius 3 is 2.38 bits per heavy atom. The van der Waals surface area contributed by atoms with Gasteiger partial charge in [0, 0.05) is 12.5 Å². The smallest absolute Gasteiger partial charge is 0.408 e. The molecule has 0 aliphatic heterocycles. The second-order valence-electron chi connectivity index (χ2n) is 11.4. The van der Waals surface area contributed by atoms with E-state index in [0.29, 0.717) is 11.1 Å². The number of aryl methyl sites for hydroxylation is 1. The van der Waals surface area contributed by atoms with Crippen LogP contribution in [0.4, 0.5) is 4.79 Å². The molecule has 40 heavy (non-hydrogen) atoms. The van der Waals surface area contributed by atoms with Gasteiger partial charge in [-0.05, 0) is 63.8 Å². The molecule has 3 N–H and O–H groups in total. The fourth-order valence-corrected chi connectivity index (χ4v) is 4.93. The predicted octanol–water partition coefficient (Wildman–Crippen LogP) is 4.68. The molecule has 2 unspecified atom stereocenters. The maximum atomic E-state index is 14.2. The van der Waals surface area contributed by atoms with Gasteiger partial charge in [0.15, 0.2) is 0 Å². The van der Waals surface area contributed by atoms with Crippen molar-refractivity contribution in [2.45, 2.75) is 89.9 Å². The van der Waals surface area contributed by atoms with E-state index in [1.54, 1.807) is 39.0 Å². The van der Waals surface area contributed by atoms with Gasteiger partial charge in [-0.15, -0.1) is 0 Å². The molecule has 2 atom stereocenters. The van der Waals surface area contributed by atoms with Crippen LogP contribution in [0.3, 0.4) is 0 Å². The Hall–Kier alpha value is -4.06. The van der Waals surface area contributed by atoms with Gasteiger partial charge in [-0.3, -0.25) is 9.59 Å². The minimum Gasteiger partial charge on any atom is -0.508 e. The highest BCUT2D eigenvalue weighted by Crippen LogP contribution is 2.26. The number of hydrogen-bond donors (Lipinski definition) is 3. The van der Waals surface area contributed by atoms with Gasteiger partial charge in [-0.1, -0.05) is 61.2 Å². The molecule has 0 saturated heterocycles. The molecule has 2 aromatic rings. The monoisotopic (exact) mass is 548 g/mol. The first-order valence-electron chi connectivity index (χ1n) is 13.8. The highest BCUT2D eigenvalue weighted by molar-refractivity contribution is 5.92. The maximum absolute atomic E-state index is 14.2. The summed E-state index contributed by atoms with van der Waals surface area (Å²) in [6.45, 7) is 6.68. The second kappa shape index (κ2) is 13.8. The SMILES string of the molecule is Cc1cccc(C(C(=O)NC2CCCCC2)N(CC#N)C(=O)C(Cc2ccc(O)cc2)NC(=O)OC(C)(C)C)c1. The number of rotatable bonds is 9. The van der Waals surface area contributed by atoms with Crippen LogP contribution in [-0.4, -0.2) is 52.1 Å². The molecule has 1 aliphatic carbocycles. The van der Waals surface area contributed by atoms with E-state index in [2.05, 4.69) is 10.6 Å². The number of hydrogen-bond acceptors (Lipinski definition) is 6. The lowest BCUT2D eigenvalue weighted by Gasteiger charge is -2.34. The van der Waals surface area contributed by atoms with Crippen LogP contribution in [0.25, 0.3) is 0 Å². The van der Waals surface area contributed by atoms with E-state index >= 15 is 0 Å². The van der Waals surface area contributed by atoms with E-state index in [9.17, 15) is 24.8 Å². The number of carbonyl (C=O) groups excluding carboxylic acids is 3. The summed E-state index contributed by atoms with van der Waals surface area (Å²) in [5, 5.41) is 25.2. The fourth-order valence-electron chi connectivity index (χ4n) is 4.93. The number of ether oxygens (including phenoxy) is 1. The van der Waals surface area contributed by atoms with E-state index in [0.717, 1.165) is 37.7 Å². The molecular weight excluding hydrogens is 508 g/mol. The summed E-state index contributed by atoms with van der Waals surface area (Å²) in [5.41, 5.74) is 1.36. The first-order valence-corrected chi connectivity index (χ1v) is 13.8. The van der Waals surface area contributed by atoms with Crippen molar-refractivity contribution in [1.82, 2.24) is 15.5 Å². The zero-order valence-corrected chi connectivity index (χ0v) is 23.8. The number of nitrogens with zero attached hydrogens (tertiary/aromatic N) is 2. The summed E-state index contributed by atoms with van der Waals surface area (Å²) in [5.74, 6) is -0.885. The van der Waals surface area contributed by atoms with Crippen LogP contribution in [-0.2, 0) is 20.7 Å². The van der Waals surface area contributed by atoms with Crippen LogP contribution in [0.1, 0.15) is 75.6 Å². The van der Waals surface area contributed by atoms with Gasteiger partial charge in [0.25, 0.3) is 0 Å². The van der Waals surface area contributed by atoms with Crippen LogP contribution in [0.5, 0.6) is 5.75 Å². The number of amides is 3. The Balaban J connectivity index is 1.99. The number of nitriles is 1. The van der Waals surface area contributed by atoms with E-state index < -0.39 is 29.7 Å². The molecule has 214 valence electrons. The molecule has 0 aromatic heterocycles. The largest absolute Gasteiger partial charge is 0.508 e. The van der Waals surface area contributed by atoms with E-state index in [1.807, 2.05) is 31.2 Å². The van der Waals surface area contributed by atoms with Gasteiger partial charge in [0.05, 0.1) is 6.07 Å². The first-order chi connectivity index (χ1) is 19.0. The number of alkyl carbamates (subject to hydrolysis) is 1. The summed E-state index contributed by atoms with van der Waals surface area (Å²) in [4.78, 5) is 42.0. The number of phenolic OH excluding ortho intramolecular Hbond substituents is 1. The topological polar surface area (TPSA) is 132 Å². The first kappa shape index (κ1) is 30.5. The third kappa shape index (κ3) is 9.01. The Bertz CT molecular complexity index is 1210. The standard InChI is InChI=1S/C31H40N4O5/c1-21-9-8-10-23(19-21)27(28(37)33-24-11-6-5-7-12-24)35(18-17-32)29(38)26(34-30(39)40-31(2,3)4)20-22-13-15-25(36)16-14-22/h8-10,13-16,19,24,26-27,36H,5-7,11-12,18,20H2,1-4H3,(H,33,37)(H,34,39). The third-order valence-electron chi connectivity index (χ3n) is 6.76. The molecular formula is C31H40N4O5. The quantitative estimate of drug-likeness (QED) is 0.390. The van der Waals surface area contributed by atoms with Crippen LogP contribution < -0.4 is 10.6 Å². The highest BCUT2D eigenvalue weighted by atomic mass is 16.6. The van der Waals surface area contributed by atoms with Crippen molar-refractivity contribution in [1.29, 1.82) is 5.26 Å². The number of carbonyl (C=O) groups is 3. The van der Waals surface area contributed by atoms with Crippen molar-refractivity contribution in [3.8, 4) is 11.8 Å². The van der Waals surface area contributed by atoms with Gasteiger partial charge in [-0.2, -0.15) is 5.26 Å². The molecule has 1 fully saturated rings. The minimum absolute atomic E-state index is 0.000258. The molecule has 3 rings (SSSR count). The summed E-state index contributed by atoms with van der Waals surface area (Å²) >= 11 is 0. The molecule has 1 saturated carbocycles. The van der Waals surface area contributed by atoms with Crippen molar-refractivity contribution in [2.24, 2.45) is 0 Å². The predicted molar refractivity (Wildman–Crippen MR) is 151 cm³/mol. The zero-order chi connectivity index (χ0) is 29.3. The van der Waals surface area contributed by atoms with Crippen LogP contribution in [0.2, 0.25) is 0 Å². The lowest BCUT2D eigenvalue weighted by atomic mass is 9.94. The lowest BCUT2D eigenvalue weighted by molar-refractivity contribution is -0.142.